The minimum Gasteiger partial charge on any atom is -0.492 e. The summed E-state index contributed by atoms with van der Waals surface area (Å²) in [5, 5.41) is 1.16. The fourth-order valence-corrected chi connectivity index (χ4v) is 5.05. The van der Waals surface area contributed by atoms with E-state index < -0.39 is 27.6 Å². The Balaban J connectivity index is 1.50. The molecule has 0 saturated heterocycles. The third-order valence-corrected chi connectivity index (χ3v) is 6.77. The summed E-state index contributed by atoms with van der Waals surface area (Å²) in [4.78, 5) is 13.0. The van der Waals surface area contributed by atoms with E-state index in [2.05, 4.69) is 14.2 Å². The first kappa shape index (κ1) is 19.6. The van der Waals surface area contributed by atoms with E-state index in [4.69, 9.17) is 4.74 Å². The second-order valence-electron chi connectivity index (χ2n) is 7.50. The number of carbonyl (C=O) groups is 1. The van der Waals surface area contributed by atoms with Gasteiger partial charge in [-0.1, -0.05) is 36.4 Å². The van der Waals surface area contributed by atoms with Crippen molar-refractivity contribution in [2.75, 3.05) is 6.61 Å². The lowest BCUT2D eigenvalue weighted by atomic mass is 9.84. The van der Waals surface area contributed by atoms with Crippen molar-refractivity contribution in [2.45, 2.75) is 23.5 Å². The van der Waals surface area contributed by atoms with Crippen LogP contribution in [0.2, 0.25) is 0 Å². The summed E-state index contributed by atoms with van der Waals surface area (Å²) in [5.74, 6) is -1.20. The predicted octanol–water partition coefficient (Wildman–Crippen LogP) is 3.32. The highest BCUT2D eigenvalue weighted by atomic mass is 32.2. The van der Waals surface area contributed by atoms with Gasteiger partial charge >= 0.3 is 6.29 Å². The topological polar surface area (TPSA) is 90.9 Å². The highest BCUT2D eigenvalue weighted by Crippen LogP contribution is 2.49. The molecule has 0 spiro atoms. The molecular weight excluding hydrogens is 432 g/mol. The summed E-state index contributed by atoms with van der Waals surface area (Å²) in [6.07, 6.45) is -3.83. The molecule has 0 unspecified atom stereocenters. The summed E-state index contributed by atoms with van der Waals surface area (Å²) in [6.45, 7) is 1.28. The molecule has 3 aromatic rings. The SMILES string of the molecule is C[C@@]1(C(=O)NS(=O)(=O)c2cccc3ccccc23)COc2cc3c(cc21)OC(F)(F)O3. The number of rotatable bonds is 3. The van der Waals surface area contributed by atoms with Gasteiger partial charge in [-0.05, 0) is 24.4 Å². The van der Waals surface area contributed by atoms with Crippen molar-refractivity contribution in [3.05, 3.63) is 60.2 Å². The first-order chi connectivity index (χ1) is 14.6. The van der Waals surface area contributed by atoms with Crippen LogP contribution >= 0.6 is 0 Å². The van der Waals surface area contributed by atoms with Gasteiger partial charge in [0.15, 0.2) is 11.5 Å². The van der Waals surface area contributed by atoms with E-state index in [1.165, 1.54) is 25.1 Å². The molecule has 31 heavy (non-hydrogen) atoms. The lowest BCUT2D eigenvalue weighted by Crippen LogP contribution is -2.45. The van der Waals surface area contributed by atoms with Gasteiger partial charge in [0.2, 0.25) is 5.91 Å². The molecule has 1 amide bonds. The molecule has 0 aliphatic carbocycles. The maximum Gasteiger partial charge on any atom is 0.586 e. The zero-order valence-corrected chi connectivity index (χ0v) is 16.8. The van der Waals surface area contributed by atoms with Gasteiger partial charge in [-0.2, -0.15) is 0 Å². The Morgan fingerprint density at radius 2 is 1.68 bits per heavy atom. The van der Waals surface area contributed by atoms with Crippen LogP contribution in [0.4, 0.5) is 8.78 Å². The van der Waals surface area contributed by atoms with Crippen LogP contribution in [0.1, 0.15) is 12.5 Å². The first-order valence-corrected chi connectivity index (χ1v) is 10.7. The van der Waals surface area contributed by atoms with E-state index in [0.717, 1.165) is 0 Å². The van der Waals surface area contributed by atoms with Crippen LogP contribution in [0.25, 0.3) is 10.8 Å². The van der Waals surface area contributed by atoms with E-state index in [9.17, 15) is 22.0 Å². The Morgan fingerprint density at radius 3 is 2.45 bits per heavy atom. The smallest absolute Gasteiger partial charge is 0.492 e. The minimum absolute atomic E-state index is 0.0491. The van der Waals surface area contributed by atoms with Gasteiger partial charge in [0.25, 0.3) is 10.0 Å². The molecule has 7 nitrogen and oxygen atoms in total. The van der Waals surface area contributed by atoms with E-state index in [0.29, 0.717) is 10.8 Å². The van der Waals surface area contributed by atoms with E-state index in [1.807, 2.05) is 0 Å². The summed E-state index contributed by atoms with van der Waals surface area (Å²) >= 11 is 0. The highest BCUT2D eigenvalue weighted by molar-refractivity contribution is 7.90. The van der Waals surface area contributed by atoms with Gasteiger partial charge in [0.05, 0.1) is 4.90 Å². The molecule has 0 fully saturated rings. The maximum atomic E-state index is 13.4. The number of hydrogen-bond acceptors (Lipinski definition) is 6. The number of alkyl halides is 2. The lowest BCUT2D eigenvalue weighted by Gasteiger charge is -2.22. The third-order valence-electron chi connectivity index (χ3n) is 5.38. The van der Waals surface area contributed by atoms with Gasteiger partial charge in [-0.25, -0.2) is 13.1 Å². The van der Waals surface area contributed by atoms with Crippen molar-refractivity contribution < 1.29 is 36.2 Å². The van der Waals surface area contributed by atoms with Crippen LogP contribution in [-0.4, -0.2) is 27.2 Å². The fourth-order valence-electron chi connectivity index (χ4n) is 3.74. The zero-order valence-electron chi connectivity index (χ0n) is 16.0. The molecule has 3 aromatic carbocycles. The summed E-state index contributed by atoms with van der Waals surface area (Å²) in [5.41, 5.74) is -1.23. The number of fused-ring (bicyclic) bond motifs is 3. The first-order valence-electron chi connectivity index (χ1n) is 9.21. The molecule has 2 aliphatic heterocycles. The minimum atomic E-state index is -4.23. The average Bonchev–Trinajstić information content (AvgIpc) is 3.20. The molecule has 2 aliphatic rings. The summed E-state index contributed by atoms with van der Waals surface area (Å²) < 4.78 is 69.2. The molecule has 0 bridgehead atoms. The van der Waals surface area contributed by atoms with Crippen molar-refractivity contribution in [2.24, 2.45) is 0 Å². The maximum absolute atomic E-state index is 13.4. The molecule has 5 rings (SSSR count). The second-order valence-corrected chi connectivity index (χ2v) is 9.15. The number of carbonyl (C=O) groups excluding carboxylic acids is 1. The molecule has 2 heterocycles. The highest BCUT2D eigenvalue weighted by Gasteiger charge is 2.49. The van der Waals surface area contributed by atoms with E-state index in [1.54, 1.807) is 36.4 Å². The number of benzene rings is 3. The monoisotopic (exact) mass is 447 g/mol. The summed E-state index contributed by atoms with van der Waals surface area (Å²) in [7, 11) is -4.23. The van der Waals surface area contributed by atoms with Crippen LogP contribution < -0.4 is 18.9 Å². The molecule has 10 heteroatoms. The quantitative estimate of drug-likeness (QED) is 0.663. The number of halogens is 2. The van der Waals surface area contributed by atoms with Gasteiger partial charge in [-0.3, -0.25) is 4.79 Å². The molecule has 1 atom stereocenters. The van der Waals surface area contributed by atoms with Crippen molar-refractivity contribution in [1.29, 1.82) is 0 Å². The van der Waals surface area contributed by atoms with Gasteiger partial charge in [-0.15, -0.1) is 8.78 Å². The largest absolute Gasteiger partial charge is 0.586 e. The van der Waals surface area contributed by atoms with Crippen LogP contribution in [0.3, 0.4) is 0 Å². The zero-order chi connectivity index (χ0) is 22.0. The molecular formula is C21H15F2NO6S. The third kappa shape index (κ3) is 3.05. The van der Waals surface area contributed by atoms with E-state index in [-0.39, 0.29) is 34.3 Å². The molecule has 0 saturated carbocycles. The standard InChI is InChI=1S/C21H15F2NO6S/c1-20(11-28-15-10-17-16(9-14(15)20)29-21(22,23)30-17)19(25)24-31(26,27)18-8-4-6-12-5-2-3-7-13(12)18/h2-10H,11H2,1H3,(H,24,25)/t20-/m1/s1. The second kappa shape index (κ2) is 6.30. The van der Waals surface area contributed by atoms with Crippen LogP contribution in [0.5, 0.6) is 17.2 Å². The van der Waals surface area contributed by atoms with Crippen molar-refractivity contribution in [3.8, 4) is 17.2 Å². The Kier molecular flexibility index (Phi) is 3.97. The van der Waals surface area contributed by atoms with Crippen molar-refractivity contribution >= 4 is 26.7 Å². The Morgan fingerprint density at radius 1 is 1.00 bits per heavy atom. The van der Waals surface area contributed by atoms with Crippen LogP contribution in [-0.2, 0) is 20.2 Å². The number of nitrogens with one attached hydrogen (secondary N) is 1. The van der Waals surface area contributed by atoms with Crippen molar-refractivity contribution in [3.63, 3.8) is 0 Å². The average molecular weight is 447 g/mol. The predicted molar refractivity (Wildman–Crippen MR) is 105 cm³/mol. The number of sulfonamides is 1. The summed E-state index contributed by atoms with van der Waals surface area (Å²) in [6, 6.07) is 14.0. The number of ether oxygens (including phenoxy) is 3. The Labute approximate surface area is 175 Å². The van der Waals surface area contributed by atoms with Crippen molar-refractivity contribution in [1.82, 2.24) is 4.72 Å². The van der Waals surface area contributed by atoms with Crippen LogP contribution in [0.15, 0.2) is 59.5 Å². The van der Waals surface area contributed by atoms with Crippen LogP contribution in [0, 0.1) is 0 Å². The normalized spacial score (nSPS) is 20.9. The molecule has 160 valence electrons. The van der Waals surface area contributed by atoms with Gasteiger partial charge < -0.3 is 14.2 Å². The lowest BCUT2D eigenvalue weighted by molar-refractivity contribution is -0.286. The van der Waals surface area contributed by atoms with Gasteiger partial charge in [0.1, 0.15) is 17.8 Å². The Bertz CT molecular complexity index is 1350. The van der Waals surface area contributed by atoms with Gasteiger partial charge in [0, 0.05) is 17.0 Å². The Hall–Kier alpha value is -3.40. The fraction of sp³-hybridized carbons (Fsp3) is 0.190. The molecule has 0 aromatic heterocycles. The number of amides is 1. The molecule has 0 radical (unpaired) electrons. The van der Waals surface area contributed by atoms with E-state index >= 15 is 0 Å². The molecule has 1 N–H and O–H groups in total. The number of hydrogen-bond donors (Lipinski definition) is 1.